The molecule has 2 aliphatic heterocycles. The van der Waals surface area contributed by atoms with Gasteiger partial charge in [0.1, 0.15) is 0 Å². The Morgan fingerprint density at radius 1 is 1.48 bits per heavy atom. The van der Waals surface area contributed by atoms with Gasteiger partial charge >= 0.3 is 0 Å². The van der Waals surface area contributed by atoms with Gasteiger partial charge in [0.25, 0.3) is 0 Å². The molecule has 1 aromatic heterocycles. The molecule has 8 heteroatoms. The second kappa shape index (κ2) is 5.39. The van der Waals surface area contributed by atoms with Crippen LogP contribution in [0.1, 0.15) is 30.5 Å². The SMILES string of the molecule is CS(=O)(=O)N1CC[C@]2(COCc3cnc(NCC4CC4)nc32)C1. The summed E-state index contributed by atoms with van der Waals surface area (Å²) in [4.78, 5) is 9.12. The van der Waals surface area contributed by atoms with Crippen molar-refractivity contribution in [3.8, 4) is 0 Å². The average molecular weight is 338 g/mol. The molecule has 0 amide bonds. The summed E-state index contributed by atoms with van der Waals surface area (Å²) in [5.74, 6) is 1.40. The zero-order valence-electron chi connectivity index (χ0n) is 13.3. The van der Waals surface area contributed by atoms with Gasteiger partial charge in [0.15, 0.2) is 0 Å². The highest BCUT2D eigenvalue weighted by Crippen LogP contribution is 2.40. The number of ether oxygens (including phenoxy) is 1. The maximum absolute atomic E-state index is 11.9. The van der Waals surface area contributed by atoms with Gasteiger partial charge in [0.05, 0.1) is 30.6 Å². The predicted molar refractivity (Wildman–Crippen MR) is 85.6 cm³/mol. The lowest BCUT2D eigenvalue weighted by Crippen LogP contribution is -2.41. The van der Waals surface area contributed by atoms with E-state index in [1.807, 2.05) is 6.20 Å². The maximum atomic E-state index is 11.9. The number of nitrogens with one attached hydrogen (secondary N) is 1. The van der Waals surface area contributed by atoms with E-state index < -0.39 is 10.0 Å². The molecule has 1 spiro atoms. The smallest absolute Gasteiger partial charge is 0.222 e. The van der Waals surface area contributed by atoms with E-state index in [9.17, 15) is 8.42 Å². The minimum atomic E-state index is -3.19. The third kappa shape index (κ3) is 2.95. The molecule has 0 unspecified atom stereocenters. The van der Waals surface area contributed by atoms with Crippen molar-refractivity contribution in [1.29, 1.82) is 0 Å². The summed E-state index contributed by atoms with van der Waals surface area (Å²) in [6.45, 7) is 2.90. The molecule has 23 heavy (non-hydrogen) atoms. The van der Waals surface area contributed by atoms with Gasteiger partial charge in [-0.3, -0.25) is 0 Å². The highest BCUT2D eigenvalue weighted by atomic mass is 32.2. The molecular weight excluding hydrogens is 316 g/mol. The molecule has 1 saturated carbocycles. The molecule has 1 aliphatic carbocycles. The van der Waals surface area contributed by atoms with E-state index in [4.69, 9.17) is 9.72 Å². The number of hydrogen-bond acceptors (Lipinski definition) is 6. The van der Waals surface area contributed by atoms with Crippen LogP contribution in [0.15, 0.2) is 6.20 Å². The third-order valence-corrected chi connectivity index (χ3v) is 6.29. The molecule has 3 heterocycles. The zero-order valence-corrected chi connectivity index (χ0v) is 14.1. The number of nitrogens with zero attached hydrogens (tertiary/aromatic N) is 3. The minimum absolute atomic E-state index is 0.338. The lowest BCUT2D eigenvalue weighted by Gasteiger charge is -2.34. The highest BCUT2D eigenvalue weighted by Gasteiger charge is 2.47. The molecule has 1 aromatic rings. The van der Waals surface area contributed by atoms with Crippen LogP contribution in [-0.4, -0.2) is 55.2 Å². The molecule has 4 rings (SSSR count). The molecule has 1 atom stereocenters. The van der Waals surface area contributed by atoms with Crippen LogP contribution in [-0.2, 0) is 26.8 Å². The largest absolute Gasteiger partial charge is 0.376 e. The fourth-order valence-corrected chi connectivity index (χ4v) is 4.37. The molecule has 7 nitrogen and oxygen atoms in total. The molecule has 1 saturated heterocycles. The fourth-order valence-electron chi connectivity index (χ4n) is 3.47. The Morgan fingerprint density at radius 2 is 2.30 bits per heavy atom. The Labute approximate surface area is 136 Å². The van der Waals surface area contributed by atoms with Gasteiger partial charge in [-0.15, -0.1) is 0 Å². The monoisotopic (exact) mass is 338 g/mol. The summed E-state index contributed by atoms with van der Waals surface area (Å²) in [5.41, 5.74) is 1.60. The van der Waals surface area contributed by atoms with Crippen molar-refractivity contribution in [2.24, 2.45) is 5.92 Å². The topological polar surface area (TPSA) is 84.4 Å². The van der Waals surface area contributed by atoms with E-state index >= 15 is 0 Å². The Bertz CT molecular complexity index is 719. The van der Waals surface area contributed by atoms with Crippen LogP contribution in [0.4, 0.5) is 5.95 Å². The number of hydrogen-bond donors (Lipinski definition) is 1. The second-order valence-corrected chi connectivity index (χ2v) is 8.99. The number of fused-ring (bicyclic) bond motifs is 2. The van der Waals surface area contributed by atoms with E-state index in [0.29, 0.717) is 32.3 Å². The molecule has 0 aromatic carbocycles. The molecule has 126 valence electrons. The van der Waals surface area contributed by atoms with Crippen LogP contribution in [0.3, 0.4) is 0 Å². The fraction of sp³-hybridized carbons (Fsp3) is 0.733. The van der Waals surface area contributed by atoms with Crippen molar-refractivity contribution in [3.05, 3.63) is 17.5 Å². The van der Waals surface area contributed by atoms with Crippen LogP contribution < -0.4 is 5.32 Å². The van der Waals surface area contributed by atoms with Crippen LogP contribution in [0.25, 0.3) is 0 Å². The minimum Gasteiger partial charge on any atom is -0.376 e. The van der Waals surface area contributed by atoms with Gasteiger partial charge in [0, 0.05) is 31.4 Å². The number of anilines is 1. The Hall–Kier alpha value is -1.25. The van der Waals surface area contributed by atoms with E-state index in [2.05, 4.69) is 10.3 Å². The van der Waals surface area contributed by atoms with Gasteiger partial charge in [-0.2, -0.15) is 0 Å². The van der Waals surface area contributed by atoms with Gasteiger partial charge < -0.3 is 10.1 Å². The first-order chi connectivity index (χ1) is 11.0. The first kappa shape index (κ1) is 15.3. The zero-order chi connectivity index (χ0) is 16.1. The van der Waals surface area contributed by atoms with Crippen molar-refractivity contribution in [2.75, 3.05) is 37.8 Å². The lowest BCUT2D eigenvalue weighted by molar-refractivity contribution is 0.0532. The summed E-state index contributed by atoms with van der Waals surface area (Å²) in [6.07, 6.45) is 6.38. The summed E-state index contributed by atoms with van der Waals surface area (Å²) in [6, 6.07) is 0. The van der Waals surface area contributed by atoms with Crippen LogP contribution in [0, 0.1) is 5.92 Å². The highest BCUT2D eigenvalue weighted by molar-refractivity contribution is 7.88. The molecule has 1 N–H and O–H groups in total. The van der Waals surface area contributed by atoms with Crippen LogP contribution in [0.5, 0.6) is 0 Å². The summed E-state index contributed by atoms with van der Waals surface area (Å²) in [5, 5.41) is 3.31. The van der Waals surface area contributed by atoms with Crippen LogP contribution in [0.2, 0.25) is 0 Å². The van der Waals surface area contributed by atoms with Crippen molar-refractivity contribution in [3.63, 3.8) is 0 Å². The Balaban J connectivity index is 1.62. The Morgan fingerprint density at radius 3 is 3.00 bits per heavy atom. The first-order valence-corrected chi connectivity index (χ1v) is 9.94. The van der Waals surface area contributed by atoms with E-state index in [1.165, 1.54) is 23.4 Å². The summed E-state index contributed by atoms with van der Waals surface area (Å²) in [7, 11) is -3.19. The standard InChI is InChI=1S/C15H22N4O3S/c1-23(20,21)19-5-4-15(9-19)10-22-8-12-7-17-14(18-13(12)15)16-6-11-2-3-11/h7,11H,2-6,8-10H2,1H3,(H,16,17,18)/t15-/m1/s1. The molecule has 0 bridgehead atoms. The third-order valence-electron chi connectivity index (χ3n) is 5.04. The second-order valence-electron chi connectivity index (χ2n) is 7.01. The van der Waals surface area contributed by atoms with Crippen LogP contribution >= 0.6 is 0 Å². The summed E-state index contributed by atoms with van der Waals surface area (Å²) >= 11 is 0. The van der Waals surface area contributed by atoms with Gasteiger partial charge in [0.2, 0.25) is 16.0 Å². The Kier molecular flexibility index (Phi) is 3.58. The maximum Gasteiger partial charge on any atom is 0.222 e. The van der Waals surface area contributed by atoms with Crippen molar-refractivity contribution in [2.45, 2.75) is 31.3 Å². The number of aromatic nitrogens is 2. The average Bonchev–Trinajstić information content (AvgIpc) is 3.24. The quantitative estimate of drug-likeness (QED) is 0.871. The molecule has 2 fully saturated rings. The van der Waals surface area contributed by atoms with Crippen molar-refractivity contribution >= 4 is 16.0 Å². The normalized spacial score (nSPS) is 28.0. The van der Waals surface area contributed by atoms with Crippen molar-refractivity contribution < 1.29 is 13.2 Å². The molecular formula is C15H22N4O3S. The molecule has 3 aliphatic rings. The van der Waals surface area contributed by atoms with E-state index in [0.717, 1.165) is 30.1 Å². The van der Waals surface area contributed by atoms with Gasteiger partial charge in [-0.1, -0.05) is 0 Å². The lowest BCUT2D eigenvalue weighted by atomic mass is 9.81. The van der Waals surface area contributed by atoms with Gasteiger partial charge in [-0.05, 0) is 25.2 Å². The van der Waals surface area contributed by atoms with Gasteiger partial charge in [-0.25, -0.2) is 22.7 Å². The van der Waals surface area contributed by atoms with E-state index in [1.54, 1.807) is 0 Å². The number of sulfonamides is 1. The summed E-state index contributed by atoms with van der Waals surface area (Å²) < 4.78 is 31.0. The predicted octanol–water partition coefficient (Wildman–Crippen LogP) is 0.732. The first-order valence-electron chi connectivity index (χ1n) is 8.09. The van der Waals surface area contributed by atoms with E-state index in [-0.39, 0.29) is 5.41 Å². The molecule has 0 radical (unpaired) electrons. The number of rotatable bonds is 4. The van der Waals surface area contributed by atoms with Crippen molar-refractivity contribution in [1.82, 2.24) is 14.3 Å².